The average Bonchev–Trinajstić information content (AvgIpc) is 2.91. The predicted octanol–water partition coefficient (Wildman–Crippen LogP) is 5.16. The number of rotatable bonds is 7. The predicted molar refractivity (Wildman–Crippen MR) is 130 cm³/mol. The van der Waals surface area contributed by atoms with Gasteiger partial charge in [0, 0.05) is 30.4 Å². The lowest BCUT2D eigenvalue weighted by atomic mass is 10.0. The summed E-state index contributed by atoms with van der Waals surface area (Å²) in [5, 5.41) is 14.4. The van der Waals surface area contributed by atoms with Crippen LogP contribution >= 0.6 is 0 Å². The van der Waals surface area contributed by atoms with Crippen molar-refractivity contribution in [2.45, 2.75) is 31.2 Å². The van der Waals surface area contributed by atoms with E-state index in [2.05, 4.69) is 30.3 Å². The van der Waals surface area contributed by atoms with E-state index in [0.29, 0.717) is 37.1 Å². The number of nitrogens with zero attached hydrogens (tertiary/aromatic N) is 5. The van der Waals surface area contributed by atoms with Crippen molar-refractivity contribution in [3.05, 3.63) is 65.2 Å². The van der Waals surface area contributed by atoms with Gasteiger partial charge in [0.15, 0.2) is 6.61 Å². The molecule has 0 spiro atoms. The Kier molecular flexibility index (Phi) is 8.26. The Labute approximate surface area is 223 Å². The highest BCUT2D eigenvalue weighted by Gasteiger charge is 2.31. The van der Waals surface area contributed by atoms with Crippen LogP contribution < -0.4 is 15.4 Å². The van der Waals surface area contributed by atoms with E-state index >= 15 is 0 Å². The van der Waals surface area contributed by atoms with Gasteiger partial charge in [-0.15, -0.1) is 0 Å². The molecular formula is C25H21F6N7O2. The monoisotopic (exact) mass is 565 g/mol. The number of benzene rings is 2. The second kappa shape index (κ2) is 11.6. The number of nitrogens with one attached hydrogen (secondary N) is 2. The molecule has 0 atom stereocenters. The largest absolute Gasteiger partial charge is 0.454 e. The van der Waals surface area contributed by atoms with Gasteiger partial charge in [0.25, 0.3) is 5.91 Å². The van der Waals surface area contributed by atoms with Crippen LogP contribution in [0.15, 0.2) is 48.5 Å². The van der Waals surface area contributed by atoms with E-state index in [-0.39, 0.29) is 29.5 Å². The van der Waals surface area contributed by atoms with Crippen molar-refractivity contribution in [1.82, 2.24) is 19.9 Å². The Balaban J connectivity index is 1.46. The summed E-state index contributed by atoms with van der Waals surface area (Å²) >= 11 is 0. The number of anilines is 3. The Bertz CT molecular complexity index is 1380. The van der Waals surface area contributed by atoms with Gasteiger partial charge in [-0.2, -0.15) is 46.6 Å². The normalized spacial score (nSPS) is 14.4. The second-order valence-corrected chi connectivity index (χ2v) is 8.77. The van der Waals surface area contributed by atoms with Crippen molar-refractivity contribution < 1.29 is 35.9 Å². The first-order chi connectivity index (χ1) is 18.9. The molecule has 15 heteroatoms. The molecule has 1 fully saturated rings. The van der Waals surface area contributed by atoms with Crippen LogP contribution in [0.5, 0.6) is 6.01 Å². The minimum absolute atomic E-state index is 0.0524. The number of alkyl halides is 6. The number of carbonyl (C=O) groups is 1. The lowest BCUT2D eigenvalue weighted by Gasteiger charge is -2.32. The molecule has 2 heterocycles. The maximum absolute atomic E-state index is 13.1. The van der Waals surface area contributed by atoms with Crippen LogP contribution in [0.2, 0.25) is 0 Å². The number of amides is 1. The van der Waals surface area contributed by atoms with E-state index in [1.165, 1.54) is 6.07 Å². The Morgan fingerprint density at radius 2 is 1.68 bits per heavy atom. The van der Waals surface area contributed by atoms with Gasteiger partial charge in [-0.1, -0.05) is 6.07 Å². The molecule has 0 bridgehead atoms. The third-order valence-electron chi connectivity index (χ3n) is 5.80. The standard InChI is InChI=1S/C25H21F6N7O2/c26-24(27,28)14-40-23-36-21(35-22(37-23)34-19-3-1-2-17(12-19)25(29,30)31)33-18-8-10-38(11-9-18)20(39)16-6-4-15(13-32)5-7-16/h1-7,12,18H,8-11,14H2,(H2,33,34,35,36,37). The molecule has 3 aromatic rings. The number of likely N-dealkylation sites (tertiary alicyclic amines) is 1. The van der Waals surface area contributed by atoms with Gasteiger partial charge in [0.05, 0.1) is 17.2 Å². The summed E-state index contributed by atoms with van der Waals surface area (Å²) in [7, 11) is 0. The van der Waals surface area contributed by atoms with Crippen molar-refractivity contribution in [2.75, 3.05) is 30.3 Å². The van der Waals surface area contributed by atoms with E-state index in [4.69, 9.17) is 5.26 Å². The Morgan fingerprint density at radius 1 is 1.00 bits per heavy atom. The zero-order valence-electron chi connectivity index (χ0n) is 20.6. The van der Waals surface area contributed by atoms with Crippen LogP contribution in [0, 0.1) is 11.3 Å². The van der Waals surface area contributed by atoms with Crippen LogP contribution in [-0.2, 0) is 6.18 Å². The first-order valence-corrected chi connectivity index (χ1v) is 11.9. The van der Waals surface area contributed by atoms with Crippen molar-refractivity contribution in [3.63, 3.8) is 0 Å². The highest BCUT2D eigenvalue weighted by atomic mass is 19.4. The molecule has 2 aromatic carbocycles. The fourth-order valence-electron chi connectivity index (χ4n) is 3.87. The first-order valence-electron chi connectivity index (χ1n) is 11.9. The van der Waals surface area contributed by atoms with E-state index < -0.39 is 30.5 Å². The van der Waals surface area contributed by atoms with Gasteiger partial charge in [0.2, 0.25) is 11.9 Å². The zero-order chi connectivity index (χ0) is 28.9. The van der Waals surface area contributed by atoms with Crippen LogP contribution in [0.3, 0.4) is 0 Å². The van der Waals surface area contributed by atoms with Crippen molar-refractivity contribution in [2.24, 2.45) is 0 Å². The lowest BCUT2D eigenvalue weighted by molar-refractivity contribution is -0.154. The number of hydrogen-bond donors (Lipinski definition) is 2. The highest BCUT2D eigenvalue weighted by Crippen LogP contribution is 2.31. The van der Waals surface area contributed by atoms with Gasteiger partial charge in [0.1, 0.15) is 0 Å². The number of piperidine rings is 1. The molecule has 1 amide bonds. The summed E-state index contributed by atoms with van der Waals surface area (Å²) in [5.41, 5.74) is -0.138. The van der Waals surface area contributed by atoms with E-state index in [1.807, 2.05) is 6.07 Å². The minimum Gasteiger partial charge on any atom is -0.454 e. The fraction of sp³-hybridized carbons (Fsp3) is 0.320. The summed E-state index contributed by atoms with van der Waals surface area (Å²) in [5.74, 6) is -0.695. The summed E-state index contributed by atoms with van der Waals surface area (Å²) in [6, 6.07) is 11.4. The molecule has 0 unspecified atom stereocenters. The zero-order valence-corrected chi connectivity index (χ0v) is 20.6. The molecule has 210 valence electrons. The highest BCUT2D eigenvalue weighted by molar-refractivity contribution is 5.94. The molecule has 9 nitrogen and oxygen atoms in total. The molecule has 1 aromatic heterocycles. The molecule has 4 rings (SSSR count). The second-order valence-electron chi connectivity index (χ2n) is 8.77. The summed E-state index contributed by atoms with van der Waals surface area (Å²) in [4.78, 5) is 26.1. The topological polar surface area (TPSA) is 116 Å². The maximum atomic E-state index is 13.1. The van der Waals surface area contributed by atoms with Crippen LogP contribution in [0.4, 0.5) is 43.9 Å². The molecule has 1 aliphatic heterocycles. The van der Waals surface area contributed by atoms with E-state index in [0.717, 1.165) is 18.2 Å². The molecule has 40 heavy (non-hydrogen) atoms. The third kappa shape index (κ3) is 7.71. The van der Waals surface area contributed by atoms with Crippen molar-refractivity contribution >= 4 is 23.5 Å². The third-order valence-corrected chi connectivity index (χ3v) is 5.80. The van der Waals surface area contributed by atoms with Crippen LogP contribution in [-0.4, -0.2) is 57.7 Å². The number of ether oxygens (including phenoxy) is 1. The number of aromatic nitrogens is 3. The summed E-state index contributed by atoms with van der Waals surface area (Å²) in [6.07, 6.45) is -8.39. The molecule has 0 aliphatic carbocycles. The molecule has 1 saturated heterocycles. The van der Waals surface area contributed by atoms with Crippen molar-refractivity contribution in [1.29, 1.82) is 5.26 Å². The van der Waals surface area contributed by atoms with Gasteiger partial charge < -0.3 is 20.3 Å². The molecule has 1 aliphatic rings. The Morgan fingerprint density at radius 3 is 2.30 bits per heavy atom. The number of carbonyl (C=O) groups excluding carboxylic acids is 1. The van der Waals surface area contributed by atoms with Gasteiger partial charge in [-0.05, 0) is 55.3 Å². The quantitative estimate of drug-likeness (QED) is 0.378. The average molecular weight is 565 g/mol. The molecule has 0 radical (unpaired) electrons. The number of halogens is 6. The van der Waals surface area contributed by atoms with Gasteiger partial charge >= 0.3 is 18.4 Å². The molecular weight excluding hydrogens is 544 g/mol. The summed E-state index contributed by atoms with van der Waals surface area (Å²) in [6.45, 7) is -0.974. The number of hydrogen-bond acceptors (Lipinski definition) is 8. The first kappa shape index (κ1) is 28.4. The Hall–Kier alpha value is -4.61. The van der Waals surface area contributed by atoms with Crippen molar-refractivity contribution in [3.8, 4) is 12.1 Å². The van der Waals surface area contributed by atoms with Crippen LogP contribution in [0.25, 0.3) is 0 Å². The SMILES string of the molecule is N#Cc1ccc(C(=O)N2CCC(Nc3nc(Nc4cccc(C(F)(F)F)c4)nc(OCC(F)(F)F)n3)CC2)cc1. The molecule has 0 saturated carbocycles. The fourth-order valence-corrected chi connectivity index (χ4v) is 3.87. The van der Waals surface area contributed by atoms with Gasteiger partial charge in [-0.3, -0.25) is 4.79 Å². The minimum atomic E-state index is -4.68. The smallest absolute Gasteiger partial charge is 0.422 e. The van der Waals surface area contributed by atoms with E-state index in [1.54, 1.807) is 29.2 Å². The summed E-state index contributed by atoms with van der Waals surface area (Å²) < 4.78 is 82.0. The van der Waals surface area contributed by atoms with Gasteiger partial charge in [-0.25, -0.2) is 0 Å². The lowest BCUT2D eigenvalue weighted by Crippen LogP contribution is -2.42. The maximum Gasteiger partial charge on any atom is 0.422 e. The van der Waals surface area contributed by atoms with Crippen LogP contribution in [0.1, 0.15) is 34.3 Å². The number of nitriles is 1. The molecule has 2 N–H and O–H groups in total. The van der Waals surface area contributed by atoms with E-state index in [9.17, 15) is 31.1 Å².